The van der Waals surface area contributed by atoms with E-state index in [1.807, 2.05) is 11.3 Å². The van der Waals surface area contributed by atoms with Gasteiger partial charge in [0.1, 0.15) is 0 Å². The number of thiophene rings is 1. The van der Waals surface area contributed by atoms with Crippen LogP contribution >= 0.6 is 11.3 Å². The van der Waals surface area contributed by atoms with Crippen molar-refractivity contribution >= 4 is 11.3 Å². The quantitative estimate of drug-likeness (QED) is 0.891. The lowest BCUT2D eigenvalue weighted by atomic mass is 9.87. The van der Waals surface area contributed by atoms with Gasteiger partial charge in [-0.25, -0.2) is 0 Å². The fraction of sp³-hybridized carbons (Fsp3) is 0.714. The fourth-order valence-electron chi connectivity index (χ4n) is 2.64. The summed E-state index contributed by atoms with van der Waals surface area (Å²) in [6.07, 6.45) is 4.34. The van der Waals surface area contributed by atoms with E-state index in [2.05, 4.69) is 30.3 Å². The van der Waals surface area contributed by atoms with Crippen LogP contribution in [0.1, 0.15) is 36.1 Å². The molecule has 17 heavy (non-hydrogen) atoms. The Balaban J connectivity index is 1.77. The molecular weight excluding hydrogens is 230 g/mol. The van der Waals surface area contributed by atoms with Crippen LogP contribution in [0, 0.1) is 12.8 Å². The molecule has 1 aromatic rings. The summed E-state index contributed by atoms with van der Waals surface area (Å²) in [4.78, 5) is 3.92. The molecule has 0 aromatic carbocycles. The second-order valence-electron chi connectivity index (χ2n) is 5.40. The lowest BCUT2D eigenvalue weighted by molar-refractivity contribution is 0.0969. The van der Waals surface area contributed by atoms with Gasteiger partial charge in [0.25, 0.3) is 0 Å². The van der Waals surface area contributed by atoms with Crippen molar-refractivity contribution in [2.75, 3.05) is 13.6 Å². The van der Waals surface area contributed by atoms with Gasteiger partial charge in [-0.2, -0.15) is 0 Å². The molecule has 0 atom stereocenters. The van der Waals surface area contributed by atoms with Gasteiger partial charge >= 0.3 is 0 Å². The molecule has 1 heterocycles. The highest BCUT2D eigenvalue weighted by atomic mass is 32.1. The van der Waals surface area contributed by atoms with Crippen LogP contribution in [0.25, 0.3) is 0 Å². The monoisotopic (exact) mass is 253 g/mol. The van der Waals surface area contributed by atoms with Crippen molar-refractivity contribution in [1.82, 2.24) is 4.90 Å². The third-order valence-corrected chi connectivity index (χ3v) is 4.78. The van der Waals surface area contributed by atoms with Gasteiger partial charge in [0, 0.05) is 18.0 Å². The minimum absolute atomic E-state index is 0.0314. The maximum absolute atomic E-state index is 9.49. The predicted octanol–water partition coefficient (Wildman–Crippen LogP) is 3.04. The molecule has 1 N–H and O–H groups in total. The number of aliphatic hydroxyl groups is 1. The highest BCUT2D eigenvalue weighted by Crippen LogP contribution is 2.25. The lowest BCUT2D eigenvalue weighted by Crippen LogP contribution is -2.29. The molecule has 1 aromatic heterocycles. The number of hydrogen-bond donors (Lipinski definition) is 1. The van der Waals surface area contributed by atoms with Crippen LogP contribution in [-0.2, 0) is 6.54 Å². The Labute approximate surface area is 108 Å². The molecule has 1 aliphatic carbocycles. The third kappa shape index (κ3) is 3.80. The normalized spacial score (nSPS) is 25.4. The minimum atomic E-state index is -0.0314. The summed E-state index contributed by atoms with van der Waals surface area (Å²) in [6, 6.07) is 2.20. The summed E-state index contributed by atoms with van der Waals surface area (Å²) in [5.74, 6) is 0.781. The number of nitrogens with zero attached hydrogens (tertiary/aromatic N) is 1. The van der Waals surface area contributed by atoms with E-state index in [4.69, 9.17) is 0 Å². The number of aryl methyl sites for hydroxylation is 1. The van der Waals surface area contributed by atoms with Gasteiger partial charge in [-0.15, -0.1) is 11.3 Å². The van der Waals surface area contributed by atoms with Gasteiger partial charge in [0.15, 0.2) is 0 Å². The second-order valence-corrected chi connectivity index (χ2v) is 6.40. The number of rotatable bonds is 4. The van der Waals surface area contributed by atoms with Gasteiger partial charge in [0.2, 0.25) is 0 Å². The minimum Gasteiger partial charge on any atom is -0.393 e. The zero-order chi connectivity index (χ0) is 12.3. The maximum Gasteiger partial charge on any atom is 0.0540 e. The van der Waals surface area contributed by atoms with Crippen molar-refractivity contribution in [2.45, 2.75) is 45.3 Å². The third-order valence-electron chi connectivity index (χ3n) is 3.77. The van der Waals surface area contributed by atoms with Crippen LogP contribution in [0.15, 0.2) is 11.4 Å². The molecule has 0 unspecified atom stereocenters. The zero-order valence-corrected chi connectivity index (χ0v) is 11.7. The van der Waals surface area contributed by atoms with Crippen molar-refractivity contribution in [3.05, 3.63) is 21.9 Å². The smallest absolute Gasteiger partial charge is 0.0540 e. The first kappa shape index (κ1) is 13.1. The average molecular weight is 253 g/mol. The molecule has 0 radical (unpaired) electrons. The van der Waals surface area contributed by atoms with Crippen LogP contribution in [-0.4, -0.2) is 29.7 Å². The first-order chi connectivity index (χ1) is 8.15. The van der Waals surface area contributed by atoms with E-state index >= 15 is 0 Å². The predicted molar refractivity (Wildman–Crippen MR) is 73.4 cm³/mol. The Morgan fingerprint density at radius 2 is 2.06 bits per heavy atom. The molecule has 96 valence electrons. The van der Waals surface area contributed by atoms with Gasteiger partial charge in [-0.3, -0.25) is 0 Å². The van der Waals surface area contributed by atoms with E-state index < -0.39 is 0 Å². The van der Waals surface area contributed by atoms with Crippen LogP contribution in [0.2, 0.25) is 0 Å². The Hall–Kier alpha value is -0.380. The lowest BCUT2D eigenvalue weighted by Gasteiger charge is -2.29. The summed E-state index contributed by atoms with van der Waals surface area (Å²) in [7, 11) is 2.21. The molecule has 1 aliphatic rings. The molecule has 1 saturated carbocycles. The first-order valence-corrected chi connectivity index (χ1v) is 7.42. The topological polar surface area (TPSA) is 23.5 Å². The molecule has 0 amide bonds. The van der Waals surface area contributed by atoms with Crippen molar-refractivity contribution in [2.24, 2.45) is 5.92 Å². The van der Waals surface area contributed by atoms with E-state index in [9.17, 15) is 5.11 Å². The summed E-state index contributed by atoms with van der Waals surface area (Å²) >= 11 is 1.86. The van der Waals surface area contributed by atoms with Crippen molar-refractivity contribution < 1.29 is 5.11 Å². The van der Waals surface area contributed by atoms with Crippen LogP contribution in [0.5, 0.6) is 0 Å². The Bertz CT molecular complexity index is 342. The largest absolute Gasteiger partial charge is 0.393 e. The van der Waals surface area contributed by atoms with Crippen molar-refractivity contribution in [3.8, 4) is 0 Å². The first-order valence-electron chi connectivity index (χ1n) is 6.54. The van der Waals surface area contributed by atoms with Crippen LogP contribution < -0.4 is 0 Å². The van der Waals surface area contributed by atoms with E-state index in [1.54, 1.807) is 0 Å². The molecule has 0 saturated heterocycles. The fourth-order valence-corrected chi connectivity index (χ4v) is 3.63. The summed E-state index contributed by atoms with van der Waals surface area (Å²) < 4.78 is 0. The molecule has 3 heteroatoms. The Kier molecular flexibility index (Phi) is 4.60. The van der Waals surface area contributed by atoms with E-state index in [0.29, 0.717) is 0 Å². The number of hydrogen-bond acceptors (Lipinski definition) is 3. The molecule has 0 bridgehead atoms. The van der Waals surface area contributed by atoms with Crippen LogP contribution in [0.4, 0.5) is 0 Å². The van der Waals surface area contributed by atoms with Crippen LogP contribution in [0.3, 0.4) is 0 Å². The highest BCUT2D eigenvalue weighted by molar-refractivity contribution is 7.10. The van der Waals surface area contributed by atoms with Crippen molar-refractivity contribution in [3.63, 3.8) is 0 Å². The van der Waals surface area contributed by atoms with Gasteiger partial charge in [-0.1, -0.05) is 0 Å². The SMILES string of the molecule is Cc1ccsc1CN(C)CC1CCC(O)CC1. The van der Waals surface area contributed by atoms with E-state index in [0.717, 1.165) is 25.3 Å². The summed E-state index contributed by atoms with van der Waals surface area (Å²) in [5.41, 5.74) is 1.42. The van der Waals surface area contributed by atoms with E-state index in [-0.39, 0.29) is 6.10 Å². The average Bonchev–Trinajstić information content (AvgIpc) is 2.68. The van der Waals surface area contributed by atoms with Gasteiger partial charge in [0.05, 0.1) is 6.10 Å². The molecule has 0 aliphatic heterocycles. The molecule has 2 nitrogen and oxygen atoms in total. The summed E-state index contributed by atoms with van der Waals surface area (Å²) in [5, 5.41) is 11.7. The maximum atomic E-state index is 9.49. The Morgan fingerprint density at radius 3 is 2.65 bits per heavy atom. The molecule has 1 fully saturated rings. The summed E-state index contributed by atoms with van der Waals surface area (Å²) in [6.45, 7) is 4.43. The van der Waals surface area contributed by atoms with Gasteiger partial charge in [-0.05, 0) is 62.6 Å². The molecule has 2 rings (SSSR count). The highest BCUT2D eigenvalue weighted by Gasteiger charge is 2.20. The number of aliphatic hydroxyl groups excluding tert-OH is 1. The zero-order valence-electron chi connectivity index (χ0n) is 10.9. The van der Waals surface area contributed by atoms with Crippen molar-refractivity contribution in [1.29, 1.82) is 0 Å². The standard InChI is InChI=1S/C14H23NOS/c1-11-7-8-17-14(11)10-15(2)9-12-3-5-13(16)6-4-12/h7-8,12-13,16H,3-6,9-10H2,1-2H3. The second kappa shape index (κ2) is 5.98. The molecular formula is C14H23NOS. The van der Waals surface area contributed by atoms with Gasteiger partial charge < -0.3 is 10.0 Å². The Morgan fingerprint density at radius 1 is 1.35 bits per heavy atom. The molecule has 0 spiro atoms. The van der Waals surface area contributed by atoms with E-state index in [1.165, 1.54) is 29.8 Å².